The van der Waals surface area contributed by atoms with Crippen molar-refractivity contribution in [3.05, 3.63) is 80.1 Å². The Morgan fingerprint density at radius 2 is 1.83 bits per heavy atom. The molecule has 0 saturated heterocycles. The molecule has 0 aliphatic rings. The summed E-state index contributed by atoms with van der Waals surface area (Å²) in [4.78, 5) is 32.1. The monoisotopic (exact) mass is 482 g/mol. The molecule has 4 rings (SSSR count). The molecule has 5 nitrogen and oxygen atoms in total. The molecule has 152 valence electrons. The summed E-state index contributed by atoms with van der Waals surface area (Å²) in [6.45, 7) is 4.46. The van der Waals surface area contributed by atoms with Crippen LogP contribution in [-0.4, -0.2) is 21.9 Å². The Hall–Kier alpha value is -2.77. The van der Waals surface area contributed by atoms with Gasteiger partial charge < -0.3 is 4.74 Å². The quantitative estimate of drug-likeness (QED) is 0.341. The van der Waals surface area contributed by atoms with Crippen molar-refractivity contribution in [3.8, 4) is 16.9 Å². The van der Waals surface area contributed by atoms with Gasteiger partial charge in [0.05, 0.1) is 24.9 Å². The normalized spacial score (nSPS) is 11.0. The lowest BCUT2D eigenvalue weighted by Gasteiger charge is -2.08. The maximum atomic E-state index is 13.3. The molecular weight excluding hydrogens is 464 g/mol. The van der Waals surface area contributed by atoms with Gasteiger partial charge in [0, 0.05) is 20.5 Å². The van der Waals surface area contributed by atoms with Gasteiger partial charge in [-0.05, 0) is 43.7 Å². The van der Waals surface area contributed by atoms with Crippen molar-refractivity contribution in [2.24, 2.45) is 0 Å². The Kier molecular flexibility index (Phi) is 5.83. The third kappa shape index (κ3) is 3.95. The highest BCUT2D eigenvalue weighted by Gasteiger charge is 2.18. The van der Waals surface area contributed by atoms with Gasteiger partial charge >= 0.3 is 0 Å². The number of benzene rings is 2. The molecule has 0 saturated carbocycles. The van der Waals surface area contributed by atoms with Crippen LogP contribution in [0, 0.1) is 6.92 Å². The smallest absolute Gasteiger partial charge is 0.263 e. The summed E-state index contributed by atoms with van der Waals surface area (Å²) in [5, 5.41) is 0.549. The van der Waals surface area contributed by atoms with Gasteiger partial charge in [-0.2, -0.15) is 0 Å². The number of carbonyl (C=O) groups is 1. The van der Waals surface area contributed by atoms with Crippen LogP contribution in [0.4, 0.5) is 0 Å². The maximum absolute atomic E-state index is 13.3. The van der Waals surface area contributed by atoms with Crippen LogP contribution in [0.5, 0.6) is 5.75 Å². The number of halogens is 1. The highest BCUT2D eigenvalue weighted by molar-refractivity contribution is 9.10. The lowest BCUT2D eigenvalue weighted by atomic mass is 10.0. The topological polar surface area (TPSA) is 61.2 Å². The van der Waals surface area contributed by atoms with Crippen molar-refractivity contribution >= 4 is 43.3 Å². The van der Waals surface area contributed by atoms with Gasteiger partial charge in [-0.1, -0.05) is 40.2 Å². The van der Waals surface area contributed by atoms with Crippen molar-refractivity contribution in [3.63, 3.8) is 0 Å². The molecule has 4 aromatic rings. The number of aromatic nitrogens is 2. The molecule has 0 bridgehead atoms. The highest BCUT2D eigenvalue weighted by atomic mass is 79.9. The van der Waals surface area contributed by atoms with E-state index in [-0.39, 0.29) is 17.9 Å². The van der Waals surface area contributed by atoms with Gasteiger partial charge in [0.2, 0.25) is 0 Å². The molecule has 2 heterocycles. The second-order valence-corrected chi connectivity index (χ2v) is 8.90. The van der Waals surface area contributed by atoms with E-state index in [1.165, 1.54) is 22.2 Å². The molecule has 0 unspecified atom stereocenters. The van der Waals surface area contributed by atoms with Gasteiger partial charge in [0.25, 0.3) is 5.56 Å². The van der Waals surface area contributed by atoms with Crippen LogP contribution in [0.3, 0.4) is 0 Å². The van der Waals surface area contributed by atoms with E-state index in [1.807, 2.05) is 50.2 Å². The van der Waals surface area contributed by atoms with Crippen molar-refractivity contribution in [2.45, 2.75) is 20.4 Å². The van der Waals surface area contributed by atoms with E-state index in [1.54, 1.807) is 12.1 Å². The molecule has 0 amide bonds. The number of aryl methyl sites for hydroxylation is 1. The van der Waals surface area contributed by atoms with Gasteiger partial charge in [-0.3, -0.25) is 14.2 Å². The molecule has 0 N–H and O–H groups in total. The Morgan fingerprint density at radius 1 is 1.13 bits per heavy atom. The third-order valence-corrected chi connectivity index (χ3v) is 6.33. The van der Waals surface area contributed by atoms with Gasteiger partial charge in [0.15, 0.2) is 5.78 Å². The summed E-state index contributed by atoms with van der Waals surface area (Å²) < 4.78 is 7.80. The molecule has 7 heteroatoms. The van der Waals surface area contributed by atoms with E-state index < -0.39 is 0 Å². The summed E-state index contributed by atoms with van der Waals surface area (Å²) in [5.41, 5.74) is 2.14. The average molecular weight is 483 g/mol. The van der Waals surface area contributed by atoms with Crippen LogP contribution in [0.1, 0.15) is 22.2 Å². The zero-order valence-electron chi connectivity index (χ0n) is 16.5. The van der Waals surface area contributed by atoms with Crippen molar-refractivity contribution < 1.29 is 9.53 Å². The number of Topliss-reactive ketones (excluding diaryl/α,β-unsaturated/α-hetero) is 1. The van der Waals surface area contributed by atoms with E-state index in [9.17, 15) is 9.59 Å². The summed E-state index contributed by atoms with van der Waals surface area (Å²) in [6.07, 6.45) is 1.46. The average Bonchev–Trinajstić information content (AvgIpc) is 3.08. The number of thiophene rings is 1. The fourth-order valence-corrected chi connectivity index (χ4v) is 4.63. The van der Waals surface area contributed by atoms with E-state index >= 15 is 0 Å². The van der Waals surface area contributed by atoms with Crippen LogP contribution < -0.4 is 10.3 Å². The summed E-state index contributed by atoms with van der Waals surface area (Å²) >= 11 is 4.84. The fraction of sp³-hybridized carbons (Fsp3) is 0.174. The first-order valence-corrected chi connectivity index (χ1v) is 11.1. The predicted molar refractivity (Wildman–Crippen MR) is 124 cm³/mol. The highest BCUT2D eigenvalue weighted by Crippen LogP contribution is 2.36. The fourth-order valence-electron chi connectivity index (χ4n) is 3.36. The lowest BCUT2D eigenvalue weighted by Crippen LogP contribution is -2.24. The number of ketones is 1. The van der Waals surface area contributed by atoms with E-state index in [0.29, 0.717) is 22.4 Å². The van der Waals surface area contributed by atoms with E-state index in [0.717, 1.165) is 26.2 Å². The van der Waals surface area contributed by atoms with Gasteiger partial charge in [-0.15, -0.1) is 11.3 Å². The minimum Gasteiger partial charge on any atom is -0.494 e. The number of carbonyl (C=O) groups excluding carboxylic acids is 1. The van der Waals surface area contributed by atoms with Crippen LogP contribution in [0.2, 0.25) is 0 Å². The largest absolute Gasteiger partial charge is 0.494 e. The maximum Gasteiger partial charge on any atom is 0.263 e. The number of nitrogens with zero attached hydrogens (tertiary/aromatic N) is 2. The molecule has 2 aromatic heterocycles. The first kappa shape index (κ1) is 20.5. The summed E-state index contributed by atoms with van der Waals surface area (Å²) in [5.74, 6) is 0.648. The Balaban J connectivity index is 1.74. The second-order valence-electron chi connectivity index (χ2n) is 6.78. The number of fused-ring (bicyclic) bond motifs is 1. The first-order valence-electron chi connectivity index (χ1n) is 9.48. The molecule has 30 heavy (non-hydrogen) atoms. The Labute approximate surface area is 186 Å². The van der Waals surface area contributed by atoms with Crippen LogP contribution in [0.25, 0.3) is 21.3 Å². The molecule has 0 fully saturated rings. The lowest BCUT2D eigenvalue weighted by molar-refractivity contribution is 0.0970. The van der Waals surface area contributed by atoms with Crippen molar-refractivity contribution in [1.29, 1.82) is 0 Å². The predicted octanol–water partition coefficient (Wildman–Crippen LogP) is 5.48. The molecule has 2 aromatic carbocycles. The van der Waals surface area contributed by atoms with Crippen LogP contribution >= 0.6 is 27.3 Å². The number of hydrogen-bond donors (Lipinski definition) is 0. The van der Waals surface area contributed by atoms with Crippen LogP contribution in [0.15, 0.2) is 64.1 Å². The molecule has 0 spiro atoms. The second kappa shape index (κ2) is 8.53. The standard InChI is InChI=1S/C23H19BrN2O3S/c1-3-29-18-10-6-16(7-11-18)20-14(2)30-22-21(20)23(28)26(13-25-22)12-19(27)15-4-8-17(24)9-5-15/h4-11,13H,3,12H2,1-2H3. The Morgan fingerprint density at radius 3 is 2.50 bits per heavy atom. The minimum atomic E-state index is -0.210. The molecular formula is C23H19BrN2O3S. The zero-order chi connectivity index (χ0) is 21.3. The SMILES string of the molecule is CCOc1ccc(-c2c(C)sc3ncn(CC(=O)c4ccc(Br)cc4)c(=O)c23)cc1. The minimum absolute atomic E-state index is 0.0545. The first-order chi connectivity index (χ1) is 14.5. The number of hydrogen-bond acceptors (Lipinski definition) is 5. The zero-order valence-corrected chi connectivity index (χ0v) is 18.9. The number of ether oxygens (including phenoxy) is 1. The number of rotatable bonds is 6. The Bertz CT molecular complexity index is 1280. The van der Waals surface area contributed by atoms with E-state index in [4.69, 9.17) is 4.74 Å². The third-order valence-electron chi connectivity index (χ3n) is 4.79. The molecule has 0 radical (unpaired) electrons. The van der Waals surface area contributed by atoms with Gasteiger partial charge in [-0.25, -0.2) is 4.98 Å². The van der Waals surface area contributed by atoms with Crippen molar-refractivity contribution in [1.82, 2.24) is 9.55 Å². The molecule has 0 atom stereocenters. The van der Waals surface area contributed by atoms with Gasteiger partial charge in [0.1, 0.15) is 10.6 Å². The van der Waals surface area contributed by atoms with Crippen LogP contribution in [-0.2, 0) is 6.54 Å². The molecule has 0 aliphatic carbocycles. The summed E-state index contributed by atoms with van der Waals surface area (Å²) in [6, 6.07) is 14.8. The van der Waals surface area contributed by atoms with Crippen molar-refractivity contribution in [2.75, 3.05) is 6.61 Å². The molecule has 0 aliphatic heterocycles. The van der Waals surface area contributed by atoms with E-state index in [2.05, 4.69) is 20.9 Å². The summed E-state index contributed by atoms with van der Waals surface area (Å²) in [7, 11) is 0.